The third-order valence-corrected chi connectivity index (χ3v) is 6.00. The third-order valence-electron chi connectivity index (χ3n) is 6.00. The summed E-state index contributed by atoms with van der Waals surface area (Å²) in [5.41, 5.74) is 0.0883. The lowest BCUT2D eigenvalue weighted by atomic mass is 9.87. The van der Waals surface area contributed by atoms with Crippen LogP contribution in [0.1, 0.15) is 37.4 Å². The number of imide groups is 1. The second kappa shape index (κ2) is 8.42. The average molecular weight is 433 g/mol. The van der Waals surface area contributed by atoms with E-state index in [4.69, 9.17) is 0 Å². The summed E-state index contributed by atoms with van der Waals surface area (Å²) in [6.45, 7) is 3.21. The molecular weight excluding hydrogens is 409 g/mol. The zero-order valence-electron chi connectivity index (χ0n) is 17.9. The van der Waals surface area contributed by atoms with Crippen LogP contribution in [0.3, 0.4) is 0 Å². The highest BCUT2D eigenvalue weighted by atomic mass is 19.1. The van der Waals surface area contributed by atoms with Crippen LogP contribution in [-0.4, -0.2) is 29.3 Å². The number of nitrogens with one attached hydrogen (secondary N) is 2. The highest BCUT2D eigenvalue weighted by Crippen LogP contribution is 2.32. The maximum Gasteiger partial charge on any atom is 0.325 e. The van der Waals surface area contributed by atoms with E-state index in [0.717, 1.165) is 21.2 Å². The Balaban J connectivity index is 1.48. The number of hydrogen-bond donors (Lipinski definition) is 2. The van der Waals surface area contributed by atoms with Gasteiger partial charge in [-0.15, -0.1) is 0 Å². The van der Waals surface area contributed by atoms with Crippen molar-refractivity contribution in [3.63, 3.8) is 0 Å². The van der Waals surface area contributed by atoms with E-state index in [-0.39, 0.29) is 12.5 Å². The molecule has 2 atom stereocenters. The molecule has 0 aromatic heterocycles. The van der Waals surface area contributed by atoms with E-state index in [1.807, 2.05) is 49.4 Å². The first-order chi connectivity index (χ1) is 15.3. The number of benzene rings is 3. The Kier molecular flexibility index (Phi) is 5.65. The quantitative estimate of drug-likeness (QED) is 0.577. The molecule has 0 radical (unpaired) electrons. The molecule has 1 aliphatic rings. The van der Waals surface area contributed by atoms with Crippen LogP contribution in [0.15, 0.2) is 66.7 Å². The van der Waals surface area contributed by atoms with E-state index in [1.165, 1.54) is 24.3 Å². The fourth-order valence-electron chi connectivity index (χ4n) is 4.13. The molecule has 2 unspecified atom stereocenters. The molecule has 4 rings (SSSR count). The number of nitrogens with zero attached hydrogens (tertiary/aromatic N) is 1. The van der Waals surface area contributed by atoms with Crippen molar-refractivity contribution in [3.8, 4) is 0 Å². The van der Waals surface area contributed by atoms with Crippen molar-refractivity contribution in [1.29, 1.82) is 0 Å². The molecule has 4 amide bonds. The van der Waals surface area contributed by atoms with Crippen LogP contribution < -0.4 is 10.6 Å². The molecule has 3 aromatic carbocycles. The number of amides is 4. The van der Waals surface area contributed by atoms with Gasteiger partial charge in [0.1, 0.15) is 17.9 Å². The number of urea groups is 1. The Morgan fingerprint density at radius 1 is 1.06 bits per heavy atom. The second-order valence-corrected chi connectivity index (χ2v) is 7.98. The van der Waals surface area contributed by atoms with E-state index in [2.05, 4.69) is 10.6 Å². The number of carbonyl (C=O) groups is 3. The van der Waals surface area contributed by atoms with Gasteiger partial charge in [0.25, 0.3) is 5.91 Å². The molecule has 1 aliphatic heterocycles. The molecule has 7 heteroatoms. The third kappa shape index (κ3) is 3.82. The molecular formula is C25H24FN3O3. The molecule has 6 nitrogen and oxygen atoms in total. The van der Waals surface area contributed by atoms with Gasteiger partial charge in [-0.1, -0.05) is 55.5 Å². The zero-order valence-corrected chi connectivity index (χ0v) is 17.9. The van der Waals surface area contributed by atoms with Gasteiger partial charge in [-0.2, -0.15) is 0 Å². The Labute approximate surface area is 185 Å². The standard InChI is InChI=1S/C25H24FN3O3/c1-3-25(20-10-12-21(26)13-11-20)23(31)29(24(32)28-25)15-22(30)27-16(2)18-9-8-17-6-4-5-7-19(17)14-18/h4-14,16H,3,15H2,1-2H3,(H,27,30)(H,28,32). The molecule has 1 heterocycles. The molecule has 0 aliphatic carbocycles. The molecule has 32 heavy (non-hydrogen) atoms. The molecule has 164 valence electrons. The van der Waals surface area contributed by atoms with Crippen LogP contribution in [0.2, 0.25) is 0 Å². The lowest BCUT2D eigenvalue weighted by Gasteiger charge is -2.25. The van der Waals surface area contributed by atoms with Gasteiger partial charge in [-0.3, -0.25) is 14.5 Å². The normalized spacial score (nSPS) is 19.2. The summed E-state index contributed by atoms with van der Waals surface area (Å²) in [6, 6.07) is 18.4. The van der Waals surface area contributed by atoms with Crippen molar-refractivity contribution in [1.82, 2.24) is 15.5 Å². The van der Waals surface area contributed by atoms with Crippen molar-refractivity contribution in [2.24, 2.45) is 0 Å². The van der Waals surface area contributed by atoms with Crippen molar-refractivity contribution in [2.45, 2.75) is 31.8 Å². The number of carbonyl (C=O) groups excluding carboxylic acids is 3. The molecule has 0 spiro atoms. The molecule has 0 bridgehead atoms. The maximum atomic E-state index is 13.3. The van der Waals surface area contributed by atoms with Crippen molar-refractivity contribution >= 4 is 28.6 Å². The van der Waals surface area contributed by atoms with Gasteiger partial charge < -0.3 is 10.6 Å². The molecule has 2 N–H and O–H groups in total. The number of hydrogen-bond acceptors (Lipinski definition) is 3. The summed E-state index contributed by atoms with van der Waals surface area (Å²) in [5.74, 6) is -1.40. The number of rotatable bonds is 6. The van der Waals surface area contributed by atoms with Crippen LogP contribution in [0, 0.1) is 5.82 Å². The first-order valence-electron chi connectivity index (χ1n) is 10.5. The van der Waals surface area contributed by atoms with Crippen LogP contribution in [0.5, 0.6) is 0 Å². The van der Waals surface area contributed by atoms with Gasteiger partial charge in [-0.05, 0) is 53.4 Å². The van der Waals surface area contributed by atoms with Crippen LogP contribution >= 0.6 is 0 Å². The molecule has 1 saturated heterocycles. The zero-order chi connectivity index (χ0) is 22.9. The van der Waals surface area contributed by atoms with E-state index in [9.17, 15) is 18.8 Å². The van der Waals surface area contributed by atoms with Crippen LogP contribution in [0.4, 0.5) is 9.18 Å². The van der Waals surface area contributed by atoms with E-state index >= 15 is 0 Å². The van der Waals surface area contributed by atoms with Crippen molar-refractivity contribution < 1.29 is 18.8 Å². The Morgan fingerprint density at radius 3 is 2.44 bits per heavy atom. The highest BCUT2D eigenvalue weighted by molar-refractivity contribution is 6.09. The minimum Gasteiger partial charge on any atom is -0.348 e. The Hall–Kier alpha value is -3.74. The number of halogens is 1. The summed E-state index contributed by atoms with van der Waals surface area (Å²) in [4.78, 5) is 39.3. The Morgan fingerprint density at radius 2 is 1.75 bits per heavy atom. The summed E-state index contributed by atoms with van der Waals surface area (Å²) >= 11 is 0. The molecule has 0 saturated carbocycles. The second-order valence-electron chi connectivity index (χ2n) is 7.98. The van der Waals surface area contributed by atoms with Gasteiger partial charge in [0, 0.05) is 0 Å². The smallest absolute Gasteiger partial charge is 0.325 e. The largest absolute Gasteiger partial charge is 0.348 e. The highest BCUT2D eigenvalue weighted by Gasteiger charge is 2.51. The predicted octanol–water partition coefficient (Wildman–Crippen LogP) is 4.01. The van der Waals surface area contributed by atoms with E-state index in [1.54, 1.807) is 6.92 Å². The Bertz CT molecular complexity index is 1190. The SMILES string of the molecule is CCC1(c2ccc(F)cc2)NC(=O)N(CC(=O)NC(C)c2ccc3ccccc3c2)C1=O. The monoisotopic (exact) mass is 433 g/mol. The topological polar surface area (TPSA) is 78.5 Å². The van der Waals surface area contributed by atoms with Crippen molar-refractivity contribution in [3.05, 3.63) is 83.7 Å². The van der Waals surface area contributed by atoms with Gasteiger partial charge >= 0.3 is 6.03 Å². The summed E-state index contributed by atoms with van der Waals surface area (Å²) in [7, 11) is 0. The van der Waals surface area contributed by atoms with Crippen molar-refractivity contribution in [2.75, 3.05) is 6.54 Å². The summed E-state index contributed by atoms with van der Waals surface area (Å²) < 4.78 is 13.3. The van der Waals surface area contributed by atoms with Gasteiger partial charge in [0.15, 0.2) is 0 Å². The number of fused-ring (bicyclic) bond motifs is 1. The summed E-state index contributed by atoms with van der Waals surface area (Å²) in [5, 5.41) is 7.72. The van der Waals surface area contributed by atoms with Crippen LogP contribution in [0.25, 0.3) is 10.8 Å². The van der Waals surface area contributed by atoms with Gasteiger partial charge in [0.2, 0.25) is 5.91 Å². The van der Waals surface area contributed by atoms with Gasteiger partial charge in [0.05, 0.1) is 6.04 Å². The van der Waals surface area contributed by atoms with E-state index in [0.29, 0.717) is 5.56 Å². The fourth-order valence-corrected chi connectivity index (χ4v) is 4.13. The lowest BCUT2D eigenvalue weighted by molar-refractivity contribution is -0.135. The van der Waals surface area contributed by atoms with Crippen LogP contribution in [-0.2, 0) is 15.1 Å². The average Bonchev–Trinajstić information content (AvgIpc) is 3.04. The van der Waals surface area contributed by atoms with Gasteiger partial charge in [-0.25, -0.2) is 9.18 Å². The predicted molar refractivity (Wildman–Crippen MR) is 119 cm³/mol. The lowest BCUT2D eigenvalue weighted by Crippen LogP contribution is -2.45. The fraction of sp³-hybridized carbons (Fsp3) is 0.240. The van der Waals surface area contributed by atoms with E-state index < -0.39 is 35.7 Å². The molecule has 3 aromatic rings. The minimum absolute atomic E-state index is 0.273. The maximum absolute atomic E-state index is 13.3. The first-order valence-corrected chi connectivity index (χ1v) is 10.5. The summed E-state index contributed by atoms with van der Waals surface area (Å²) in [6.07, 6.45) is 0.273. The minimum atomic E-state index is -1.31. The molecule has 1 fully saturated rings. The first kappa shape index (κ1) is 21.5.